The molecular weight excluding hydrogens is 767 g/mol. The molecule has 1 atom stereocenters. The molecule has 0 saturated heterocycles. The molecule has 5 nitrogen and oxygen atoms in total. The monoisotopic (exact) mass is 805 g/mol. The van der Waals surface area contributed by atoms with Crippen LogP contribution < -0.4 is 5.32 Å². The molecule has 11 aromatic rings. The van der Waals surface area contributed by atoms with Crippen molar-refractivity contribution in [2.24, 2.45) is 9.98 Å². The van der Waals surface area contributed by atoms with Crippen molar-refractivity contribution in [3.8, 4) is 16.8 Å². The van der Waals surface area contributed by atoms with Crippen molar-refractivity contribution in [1.82, 2.24) is 14.5 Å². The second-order valence-corrected chi connectivity index (χ2v) is 16.5. The highest BCUT2D eigenvalue weighted by molar-refractivity contribution is 6.18. The second kappa shape index (κ2) is 13.9. The van der Waals surface area contributed by atoms with Crippen LogP contribution in [-0.2, 0) is 5.41 Å². The summed E-state index contributed by atoms with van der Waals surface area (Å²) in [6.07, 6.45) is -0.612. The van der Waals surface area contributed by atoms with Gasteiger partial charge in [0.05, 0.1) is 27.5 Å². The van der Waals surface area contributed by atoms with E-state index in [1.54, 1.807) is 0 Å². The number of aliphatic imine (C=N–C) groups is 2. The molecule has 0 saturated carbocycles. The summed E-state index contributed by atoms with van der Waals surface area (Å²) in [7, 11) is 0. The van der Waals surface area contributed by atoms with Gasteiger partial charge in [-0.3, -0.25) is 4.57 Å². The molecule has 3 heterocycles. The van der Waals surface area contributed by atoms with Crippen LogP contribution in [0.1, 0.15) is 39.7 Å². The Morgan fingerprint density at radius 3 is 1.65 bits per heavy atom. The average Bonchev–Trinajstić information content (AvgIpc) is 3.98. The SMILES string of the molecule is c1ccc(C2=NC(n3c4ccccc4c4cc5c(cc43)C(c3ccccc3)(c3ccccc3)c3ccccc3-5)N=C(c3ccc4c5ccccc5n(-c5ccccc5)c4c3)N2)cc1. The first-order valence-corrected chi connectivity index (χ1v) is 21.6. The lowest BCUT2D eigenvalue weighted by Gasteiger charge is -2.34. The number of aromatic nitrogens is 2. The number of rotatable bonds is 6. The number of nitrogens with zero attached hydrogens (tertiary/aromatic N) is 4. The van der Waals surface area contributed by atoms with Crippen molar-refractivity contribution >= 4 is 55.3 Å². The molecule has 1 unspecified atom stereocenters. The Morgan fingerprint density at radius 2 is 0.937 bits per heavy atom. The van der Waals surface area contributed by atoms with Gasteiger partial charge in [-0.25, -0.2) is 9.98 Å². The smallest absolute Gasteiger partial charge is 0.224 e. The molecule has 13 rings (SSSR count). The molecule has 0 bridgehead atoms. The number of hydrogen-bond donors (Lipinski definition) is 1. The lowest BCUT2D eigenvalue weighted by atomic mass is 9.67. The van der Waals surface area contributed by atoms with Gasteiger partial charge in [0.25, 0.3) is 0 Å². The maximum Gasteiger partial charge on any atom is 0.224 e. The summed E-state index contributed by atoms with van der Waals surface area (Å²) in [5.74, 6) is 1.54. The minimum Gasteiger partial charge on any atom is -0.324 e. The fourth-order valence-corrected chi connectivity index (χ4v) is 10.6. The molecule has 0 spiro atoms. The number of hydrogen-bond acceptors (Lipinski definition) is 3. The van der Waals surface area contributed by atoms with E-state index in [0.717, 1.165) is 45.0 Å². The number of fused-ring (bicyclic) bond motifs is 9. The van der Waals surface area contributed by atoms with Gasteiger partial charge in [0.1, 0.15) is 11.7 Å². The molecular formula is C58H39N5. The molecule has 2 aliphatic rings. The normalized spacial score (nSPS) is 15.3. The zero-order chi connectivity index (χ0) is 41.5. The summed E-state index contributed by atoms with van der Waals surface area (Å²) in [6.45, 7) is 0. The Morgan fingerprint density at radius 1 is 0.381 bits per heavy atom. The van der Waals surface area contributed by atoms with E-state index in [1.807, 2.05) is 6.07 Å². The van der Waals surface area contributed by atoms with Crippen molar-refractivity contribution in [2.45, 2.75) is 11.7 Å². The highest BCUT2D eigenvalue weighted by Crippen LogP contribution is 2.57. The van der Waals surface area contributed by atoms with Crippen LogP contribution in [-0.4, -0.2) is 20.8 Å². The van der Waals surface area contributed by atoms with Crippen LogP contribution >= 0.6 is 0 Å². The molecule has 5 heteroatoms. The minimum atomic E-state index is -0.612. The Hall–Kier alpha value is -8.28. The van der Waals surface area contributed by atoms with Gasteiger partial charge in [-0.05, 0) is 75.8 Å². The van der Waals surface area contributed by atoms with E-state index in [0.29, 0.717) is 0 Å². The van der Waals surface area contributed by atoms with Crippen LogP contribution in [0.15, 0.2) is 234 Å². The topological polar surface area (TPSA) is 46.6 Å². The van der Waals surface area contributed by atoms with E-state index in [2.05, 4.69) is 233 Å². The molecule has 0 amide bonds. The predicted molar refractivity (Wildman–Crippen MR) is 259 cm³/mol. The fourth-order valence-electron chi connectivity index (χ4n) is 10.6. The van der Waals surface area contributed by atoms with Crippen LogP contribution in [0.5, 0.6) is 0 Å². The van der Waals surface area contributed by atoms with Gasteiger partial charge in [0, 0.05) is 38.4 Å². The van der Waals surface area contributed by atoms with Gasteiger partial charge in [0.2, 0.25) is 6.29 Å². The van der Waals surface area contributed by atoms with Crippen molar-refractivity contribution in [3.63, 3.8) is 0 Å². The van der Waals surface area contributed by atoms with Gasteiger partial charge in [-0.15, -0.1) is 0 Å². The van der Waals surface area contributed by atoms with E-state index in [1.165, 1.54) is 60.4 Å². The average molecular weight is 806 g/mol. The van der Waals surface area contributed by atoms with Crippen LogP contribution in [0.3, 0.4) is 0 Å². The van der Waals surface area contributed by atoms with E-state index in [9.17, 15) is 0 Å². The first kappa shape index (κ1) is 35.5. The van der Waals surface area contributed by atoms with Crippen molar-refractivity contribution in [2.75, 3.05) is 0 Å². The van der Waals surface area contributed by atoms with Crippen LogP contribution in [0.25, 0.3) is 60.4 Å². The zero-order valence-electron chi connectivity index (χ0n) is 34.2. The number of amidine groups is 2. The third-order valence-corrected chi connectivity index (χ3v) is 13.3. The largest absolute Gasteiger partial charge is 0.324 e. The Kier molecular flexibility index (Phi) is 7.81. The molecule has 1 N–H and O–H groups in total. The van der Waals surface area contributed by atoms with E-state index in [4.69, 9.17) is 9.98 Å². The van der Waals surface area contributed by atoms with Crippen LogP contribution in [0.2, 0.25) is 0 Å². The summed E-state index contributed by atoms with van der Waals surface area (Å²) in [6, 6.07) is 81.0. The first-order chi connectivity index (χ1) is 31.3. The lowest BCUT2D eigenvalue weighted by Crippen LogP contribution is -2.37. The molecule has 0 fully saturated rings. The second-order valence-electron chi connectivity index (χ2n) is 16.5. The summed E-state index contributed by atoms with van der Waals surface area (Å²) < 4.78 is 4.72. The molecule has 1 aliphatic heterocycles. The molecule has 0 radical (unpaired) electrons. The van der Waals surface area contributed by atoms with Crippen molar-refractivity contribution in [3.05, 3.63) is 258 Å². The van der Waals surface area contributed by atoms with Crippen molar-refractivity contribution in [1.29, 1.82) is 0 Å². The Labute approximate surface area is 364 Å². The summed E-state index contributed by atoms with van der Waals surface area (Å²) >= 11 is 0. The maximum absolute atomic E-state index is 5.59. The van der Waals surface area contributed by atoms with Gasteiger partial charge in [0.15, 0.2) is 0 Å². The van der Waals surface area contributed by atoms with E-state index < -0.39 is 11.7 Å². The Balaban J connectivity index is 1.08. The molecule has 296 valence electrons. The third-order valence-electron chi connectivity index (χ3n) is 13.3. The van der Waals surface area contributed by atoms with E-state index >= 15 is 0 Å². The zero-order valence-corrected chi connectivity index (χ0v) is 34.2. The van der Waals surface area contributed by atoms with Crippen LogP contribution in [0, 0.1) is 0 Å². The number of nitrogens with one attached hydrogen (secondary N) is 1. The fraction of sp³-hybridized carbons (Fsp3) is 0.0345. The molecule has 2 aromatic heterocycles. The summed E-state index contributed by atoms with van der Waals surface area (Å²) in [5, 5.41) is 8.48. The maximum atomic E-state index is 5.59. The predicted octanol–water partition coefficient (Wildman–Crippen LogP) is 13.2. The minimum absolute atomic E-state index is 0.544. The van der Waals surface area contributed by atoms with Crippen molar-refractivity contribution < 1.29 is 0 Å². The standard InChI is InChI=1S/C58H39N5/c1-5-19-38(20-6-1)55-59-56(39-33-34-46-44-28-14-17-31-51(44)62(53(46)35-39)42-25-11-4-12-26-42)61-57(60-55)63-52-32-18-15-29-45(52)48-36-47-43-27-13-16-30-49(43)58(50(47)37-54(48)63,40-21-7-2-8-22-40)41-23-9-3-10-24-41/h1-37,57H,(H,59,60,61). The highest BCUT2D eigenvalue weighted by Gasteiger charge is 2.46. The molecule has 63 heavy (non-hydrogen) atoms. The van der Waals surface area contributed by atoms with Gasteiger partial charge in [-0.2, -0.15) is 0 Å². The van der Waals surface area contributed by atoms with E-state index in [-0.39, 0.29) is 0 Å². The summed E-state index contributed by atoms with van der Waals surface area (Å²) in [5.41, 5.74) is 14.5. The Bertz CT molecular complexity index is 3600. The van der Waals surface area contributed by atoms with Gasteiger partial charge in [-0.1, -0.05) is 182 Å². The first-order valence-electron chi connectivity index (χ1n) is 21.6. The van der Waals surface area contributed by atoms with Crippen LogP contribution in [0.4, 0.5) is 0 Å². The number of benzene rings is 9. The lowest BCUT2D eigenvalue weighted by molar-refractivity contribution is 0.575. The number of para-hydroxylation sites is 3. The molecule has 1 aliphatic carbocycles. The quantitative estimate of drug-likeness (QED) is 0.179. The van der Waals surface area contributed by atoms with Gasteiger partial charge < -0.3 is 9.88 Å². The van der Waals surface area contributed by atoms with Gasteiger partial charge >= 0.3 is 0 Å². The molecule has 9 aromatic carbocycles. The summed E-state index contributed by atoms with van der Waals surface area (Å²) in [4.78, 5) is 11.1. The third kappa shape index (κ3) is 5.23. The highest BCUT2D eigenvalue weighted by atomic mass is 15.3.